The van der Waals surface area contributed by atoms with E-state index in [0.29, 0.717) is 50.0 Å². The molecule has 0 aromatic heterocycles. The molecular weight excluding hydrogens is 888 g/mol. The Morgan fingerprint density at radius 3 is 1.20 bits per heavy atom. The molecule has 71 heavy (non-hydrogen) atoms. The molecule has 0 atom stereocenters. The van der Waals surface area contributed by atoms with Gasteiger partial charge in [0.2, 0.25) is 17.7 Å². The van der Waals surface area contributed by atoms with E-state index in [2.05, 4.69) is 111 Å². The second-order valence-corrected chi connectivity index (χ2v) is 25.6. The number of likely N-dealkylation sites (tertiary alicyclic amines) is 3. The minimum Gasteiger partial charge on any atom is -0.399 e. The van der Waals surface area contributed by atoms with Crippen molar-refractivity contribution < 1.29 is 33.0 Å². The highest BCUT2D eigenvalue weighted by Crippen LogP contribution is 2.54. The molecule has 7 aliphatic heterocycles. The minimum absolute atomic E-state index is 0.0943. The fourth-order valence-electron chi connectivity index (χ4n) is 14.2. The summed E-state index contributed by atoms with van der Waals surface area (Å²) < 4.78 is 25.5. The molecule has 2 aromatic carbocycles. The standard InChI is InChI=1S/C29H42BN3O4.C28H41BN2O3/c1-20(34)31-15-11-29(12-16-31)24-10-9-21(30-36-27(2,3)28(4,5)37-30)17-25(24)33(26(29)35)23-18-22(19-23)32-13-7-6-8-14-32;1-26(2)27(3,4)34-29(33-26)20-11-12-23-24(17-20)31(25(32)28(23)13-7-5-8-14-28)22-18-21(19-22)30-15-9-6-10-16-30/h9-10,17,22-23H,6-8,11-16,18-19H2,1-5H3;11-12,17,21-22H,5-10,13-16,18-19H2,1-4H3. The van der Waals surface area contributed by atoms with E-state index in [9.17, 15) is 14.4 Å². The summed E-state index contributed by atoms with van der Waals surface area (Å²) in [5.74, 6) is 0.700. The number of piperidine rings is 3. The summed E-state index contributed by atoms with van der Waals surface area (Å²) in [6.45, 7) is 24.4. The van der Waals surface area contributed by atoms with Crippen molar-refractivity contribution in [2.45, 2.75) is 229 Å². The van der Waals surface area contributed by atoms with Crippen LogP contribution in [0.25, 0.3) is 0 Å². The highest BCUT2D eigenvalue weighted by atomic mass is 16.7. The number of hydrogen-bond donors (Lipinski definition) is 0. The Kier molecular flexibility index (Phi) is 12.8. The zero-order valence-electron chi connectivity index (χ0n) is 44.8. The molecule has 2 spiro atoms. The third-order valence-corrected chi connectivity index (χ3v) is 20.4. The van der Waals surface area contributed by atoms with Gasteiger partial charge in [0.1, 0.15) is 0 Å². The van der Waals surface area contributed by atoms with E-state index in [-0.39, 0.29) is 34.5 Å². The number of fused-ring (bicyclic) bond motifs is 4. The normalized spacial score (nSPS) is 31.3. The first kappa shape index (κ1) is 49.9. The van der Waals surface area contributed by atoms with Gasteiger partial charge >= 0.3 is 14.2 Å². The van der Waals surface area contributed by atoms with Gasteiger partial charge in [0, 0.05) is 55.6 Å². The van der Waals surface area contributed by atoms with Crippen LogP contribution in [0.1, 0.15) is 183 Å². The van der Waals surface area contributed by atoms with Gasteiger partial charge in [-0.2, -0.15) is 0 Å². The molecule has 3 saturated carbocycles. The summed E-state index contributed by atoms with van der Waals surface area (Å²) in [6, 6.07) is 14.8. The lowest BCUT2D eigenvalue weighted by atomic mass is 9.69. The first-order valence-electron chi connectivity index (χ1n) is 28.2. The number of benzene rings is 2. The largest absolute Gasteiger partial charge is 0.494 e. The van der Waals surface area contributed by atoms with E-state index in [1.54, 1.807) is 6.92 Å². The predicted octanol–water partition coefficient (Wildman–Crippen LogP) is 7.78. The fourth-order valence-corrected chi connectivity index (χ4v) is 14.2. The van der Waals surface area contributed by atoms with Gasteiger partial charge in [0.25, 0.3) is 0 Å². The van der Waals surface area contributed by atoms with E-state index in [4.69, 9.17) is 18.6 Å². The van der Waals surface area contributed by atoms with Gasteiger partial charge in [0.05, 0.1) is 33.2 Å². The second kappa shape index (κ2) is 18.2. The molecule has 10 aliphatic rings. The molecule has 0 unspecified atom stereocenters. The third-order valence-electron chi connectivity index (χ3n) is 20.4. The molecule has 0 radical (unpaired) electrons. The summed E-state index contributed by atoms with van der Waals surface area (Å²) in [6.07, 6.45) is 19.2. The summed E-state index contributed by atoms with van der Waals surface area (Å²) in [5.41, 5.74) is 4.17. The minimum atomic E-state index is -0.536. The van der Waals surface area contributed by atoms with Crippen LogP contribution in [-0.2, 0) is 43.8 Å². The lowest BCUT2D eigenvalue weighted by Crippen LogP contribution is -2.58. The molecule has 12 nitrogen and oxygen atoms in total. The van der Waals surface area contributed by atoms with Crippen LogP contribution in [0.5, 0.6) is 0 Å². The first-order valence-corrected chi connectivity index (χ1v) is 28.2. The van der Waals surface area contributed by atoms with Crippen molar-refractivity contribution in [3.63, 3.8) is 0 Å². The summed E-state index contributed by atoms with van der Waals surface area (Å²) in [4.78, 5) is 52.1. The van der Waals surface area contributed by atoms with Gasteiger partial charge in [-0.15, -0.1) is 0 Å². The molecule has 8 fully saturated rings. The number of carbonyl (C=O) groups excluding carboxylic acids is 3. The molecule has 2 aromatic rings. The third kappa shape index (κ3) is 8.38. The van der Waals surface area contributed by atoms with E-state index in [0.717, 1.165) is 79.2 Å². The number of amides is 3. The van der Waals surface area contributed by atoms with Crippen LogP contribution < -0.4 is 20.7 Å². The van der Waals surface area contributed by atoms with Crippen molar-refractivity contribution in [2.75, 3.05) is 49.1 Å². The Balaban J connectivity index is 0.000000155. The average molecular weight is 972 g/mol. The number of nitrogens with zero attached hydrogens (tertiary/aromatic N) is 5. The number of anilines is 2. The molecule has 0 N–H and O–H groups in total. The Bertz CT molecular complexity index is 2340. The molecule has 384 valence electrons. The molecule has 5 saturated heterocycles. The predicted molar refractivity (Wildman–Crippen MR) is 282 cm³/mol. The number of carbonyl (C=O) groups is 3. The highest BCUT2D eigenvalue weighted by Gasteiger charge is 2.59. The van der Waals surface area contributed by atoms with Gasteiger partial charge < -0.3 is 43.1 Å². The molecule has 14 heteroatoms. The lowest BCUT2D eigenvalue weighted by molar-refractivity contribution is -0.134. The Morgan fingerprint density at radius 1 is 0.479 bits per heavy atom. The molecular formula is C57H83B2N5O7. The van der Waals surface area contributed by atoms with Gasteiger partial charge in [0.15, 0.2) is 0 Å². The monoisotopic (exact) mass is 972 g/mol. The van der Waals surface area contributed by atoms with Crippen molar-refractivity contribution in [1.82, 2.24) is 14.7 Å². The highest BCUT2D eigenvalue weighted by molar-refractivity contribution is 6.62. The second-order valence-electron chi connectivity index (χ2n) is 25.6. The van der Waals surface area contributed by atoms with E-state index in [1.807, 2.05) is 4.90 Å². The summed E-state index contributed by atoms with van der Waals surface area (Å²) in [7, 11) is -0.844. The van der Waals surface area contributed by atoms with Crippen molar-refractivity contribution in [3.05, 3.63) is 47.5 Å². The van der Waals surface area contributed by atoms with Crippen molar-refractivity contribution in [2.24, 2.45) is 0 Å². The van der Waals surface area contributed by atoms with Crippen LogP contribution in [0.15, 0.2) is 36.4 Å². The molecule has 0 bridgehead atoms. The van der Waals surface area contributed by atoms with E-state index < -0.39 is 30.9 Å². The number of rotatable bonds is 6. The van der Waals surface area contributed by atoms with Gasteiger partial charge in [-0.25, -0.2) is 0 Å². The zero-order chi connectivity index (χ0) is 49.9. The smallest absolute Gasteiger partial charge is 0.399 e. The molecule has 7 heterocycles. The Hall–Kier alpha value is -3.26. The van der Waals surface area contributed by atoms with Crippen molar-refractivity contribution >= 4 is 54.3 Å². The zero-order valence-corrected chi connectivity index (χ0v) is 44.8. The topological polar surface area (TPSA) is 104 Å². The first-order chi connectivity index (χ1) is 33.7. The van der Waals surface area contributed by atoms with Crippen molar-refractivity contribution in [1.29, 1.82) is 0 Å². The van der Waals surface area contributed by atoms with Crippen LogP contribution in [0.4, 0.5) is 11.4 Å². The SMILES string of the molecule is CC(=O)N1CCC2(CC1)C(=O)N(C1CC(N3CCCCC3)C1)c1cc(B3OC(C)(C)C(C)(C)O3)ccc12.CC1(C)OB(c2ccc3c(c2)N(C2CC(N4CCCCC4)C2)C(=O)C32CCCCC2)OC1(C)C. The van der Waals surface area contributed by atoms with Crippen LogP contribution in [0, 0.1) is 0 Å². The Labute approximate surface area is 425 Å². The fraction of sp³-hybridized carbons (Fsp3) is 0.737. The summed E-state index contributed by atoms with van der Waals surface area (Å²) >= 11 is 0. The van der Waals surface area contributed by atoms with Gasteiger partial charge in [-0.3, -0.25) is 14.4 Å². The van der Waals surface area contributed by atoms with Crippen LogP contribution in [-0.4, -0.2) is 132 Å². The average Bonchev–Trinajstić information content (AvgIpc) is 3.87. The quantitative estimate of drug-likeness (QED) is 0.269. The maximum atomic E-state index is 14.3. The summed E-state index contributed by atoms with van der Waals surface area (Å²) in [5, 5.41) is 0. The molecule has 3 aliphatic carbocycles. The Morgan fingerprint density at radius 2 is 0.831 bits per heavy atom. The molecule has 3 amide bonds. The van der Waals surface area contributed by atoms with Crippen molar-refractivity contribution in [3.8, 4) is 0 Å². The van der Waals surface area contributed by atoms with Gasteiger partial charge in [-0.05, 0) is 193 Å². The van der Waals surface area contributed by atoms with Crippen LogP contribution in [0.2, 0.25) is 0 Å². The van der Waals surface area contributed by atoms with Gasteiger partial charge in [-0.1, -0.05) is 56.4 Å². The van der Waals surface area contributed by atoms with E-state index >= 15 is 0 Å². The van der Waals surface area contributed by atoms with Crippen LogP contribution in [0.3, 0.4) is 0 Å². The molecule has 12 rings (SSSR count). The van der Waals surface area contributed by atoms with E-state index in [1.165, 1.54) is 76.7 Å². The maximum Gasteiger partial charge on any atom is 0.494 e. The lowest BCUT2D eigenvalue weighted by Gasteiger charge is -2.48. The maximum absolute atomic E-state index is 14.3. The number of hydrogen-bond acceptors (Lipinski definition) is 9. The van der Waals surface area contributed by atoms with Crippen LogP contribution >= 0.6 is 0 Å².